The summed E-state index contributed by atoms with van der Waals surface area (Å²) in [6.07, 6.45) is 0. The molecule has 0 aromatic heterocycles. The Morgan fingerprint density at radius 1 is 1.17 bits per heavy atom. The number of carbonyl (C=O) groups is 1. The van der Waals surface area contributed by atoms with Gasteiger partial charge in [-0.25, -0.2) is 0 Å². The van der Waals surface area contributed by atoms with Gasteiger partial charge in [-0.2, -0.15) is 0 Å². The molecule has 0 aliphatic rings. The van der Waals surface area contributed by atoms with Crippen LogP contribution in [0.3, 0.4) is 0 Å². The van der Waals surface area contributed by atoms with Gasteiger partial charge < -0.3 is 15.0 Å². The first-order valence-corrected chi connectivity index (χ1v) is 8.29. The van der Waals surface area contributed by atoms with Crippen LogP contribution in [0.1, 0.15) is 11.6 Å². The van der Waals surface area contributed by atoms with Crippen LogP contribution in [0.5, 0.6) is 5.75 Å². The first-order chi connectivity index (χ1) is 11.5. The van der Waals surface area contributed by atoms with Crippen LogP contribution in [0.4, 0.5) is 0 Å². The number of amides is 1. The van der Waals surface area contributed by atoms with E-state index in [4.69, 9.17) is 27.9 Å². The summed E-state index contributed by atoms with van der Waals surface area (Å²) >= 11 is 11.8. The Labute approximate surface area is 152 Å². The highest BCUT2D eigenvalue weighted by Crippen LogP contribution is 2.27. The van der Waals surface area contributed by atoms with Gasteiger partial charge in [0.25, 0.3) is 5.91 Å². The Morgan fingerprint density at radius 3 is 2.50 bits per heavy atom. The van der Waals surface area contributed by atoms with E-state index in [-0.39, 0.29) is 18.6 Å². The van der Waals surface area contributed by atoms with Gasteiger partial charge in [-0.3, -0.25) is 4.79 Å². The molecule has 2 rings (SSSR count). The minimum absolute atomic E-state index is 0.0919. The van der Waals surface area contributed by atoms with Crippen molar-refractivity contribution in [1.82, 2.24) is 10.2 Å². The number of carbonyl (C=O) groups excluding carboxylic acids is 1. The van der Waals surface area contributed by atoms with Crippen molar-refractivity contribution < 1.29 is 9.53 Å². The first-order valence-electron chi connectivity index (χ1n) is 7.53. The van der Waals surface area contributed by atoms with Gasteiger partial charge in [0.15, 0.2) is 6.61 Å². The highest BCUT2D eigenvalue weighted by atomic mass is 35.5. The third-order valence-corrected chi connectivity index (χ3v) is 4.08. The number of nitrogens with zero attached hydrogens (tertiary/aromatic N) is 1. The summed E-state index contributed by atoms with van der Waals surface area (Å²) in [5.74, 6) is 0.229. The van der Waals surface area contributed by atoms with Gasteiger partial charge in [-0.05, 0) is 37.9 Å². The number of nitrogens with one attached hydrogen (secondary N) is 1. The number of hydrogen-bond donors (Lipinski definition) is 1. The predicted octanol–water partition coefficient (Wildman–Crippen LogP) is 3.79. The molecule has 2 aromatic rings. The molecule has 0 radical (unpaired) electrons. The number of halogens is 2. The summed E-state index contributed by atoms with van der Waals surface area (Å²) < 4.78 is 5.44. The van der Waals surface area contributed by atoms with Gasteiger partial charge in [0.05, 0.1) is 11.1 Å². The van der Waals surface area contributed by atoms with Crippen molar-refractivity contribution in [1.29, 1.82) is 0 Å². The molecular weight excluding hydrogens is 347 g/mol. The van der Waals surface area contributed by atoms with E-state index in [2.05, 4.69) is 10.2 Å². The second-order valence-electron chi connectivity index (χ2n) is 5.56. The monoisotopic (exact) mass is 366 g/mol. The molecule has 128 valence electrons. The molecule has 1 N–H and O–H groups in total. The van der Waals surface area contributed by atoms with E-state index >= 15 is 0 Å². The van der Waals surface area contributed by atoms with E-state index in [1.165, 1.54) is 0 Å². The highest BCUT2D eigenvalue weighted by Gasteiger charge is 2.15. The fraction of sp³-hybridized carbons (Fsp3) is 0.278. The van der Waals surface area contributed by atoms with Gasteiger partial charge in [-0.15, -0.1) is 0 Å². The van der Waals surface area contributed by atoms with Crippen molar-refractivity contribution in [3.05, 3.63) is 64.1 Å². The molecule has 0 saturated carbocycles. The SMILES string of the molecule is CN(C)[C@@H](CNC(=O)COc1ccc(Cl)cc1Cl)c1ccccc1. The number of likely N-dealkylation sites (N-methyl/N-ethyl adjacent to an activating group) is 1. The zero-order valence-corrected chi connectivity index (χ0v) is 15.1. The van der Waals surface area contributed by atoms with Crippen LogP contribution in [-0.4, -0.2) is 38.1 Å². The van der Waals surface area contributed by atoms with Crippen LogP contribution in [0, 0.1) is 0 Å². The lowest BCUT2D eigenvalue weighted by Gasteiger charge is -2.25. The topological polar surface area (TPSA) is 41.6 Å². The van der Waals surface area contributed by atoms with Crippen LogP contribution in [0.15, 0.2) is 48.5 Å². The van der Waals surface area contributed by atoms with Crippen molar-refractivity contribution in [2.75, 3.05) is 27.2 Å². The second kappa shape index (κ2) is 8.92. The maximum atomic E-state index is 12.0. The zero-order valence-electron chi connectivity index (χ0n) is 13.6. The molecule has 0 aliphatic carbocycles. The van der Waals surface area contributed by atoms with Crippen molar-refractivity contribution in [3.63, 3.8) is 0 Å². The fourth-order valence-corrected chi connectivity index (χ4v) is 2.73. The molecule has 0 saturated heterocycles. The fourth-order valence-electron chi connectivity index (χ4n) is 2.27. The van der Waals surface area contributed by atoms with Gasteiger partial charge >= 0.3 is 0 Å². The molecule has 0 aliphatic heterocycles. The average molecular weight is 367 g/mol. The predicted molar refractivity (Wildman–Crippen MR) is 97.8 cm³/mol. The molecular formula is C18H20Cl2N2O2. The minimum Gasteiger partial charge on any atom is -0.482 e. The van der Waals surface area contributed by atoms with Crippen LogP contribution in [0.25, 0.3) is 0 Å². The molecule has 1 atom stereocenters. The molecule has 6 heteroatoms. The molecule has 24 heavy (non-hydrogen) atoms. The van der Waals surface area contributed by atoms with Crippen molar-refractivity contribution in [2.45, 2.75) is 6.04 Å². The molecule has 0 fully saturated rings. The van der Waals surface area contributed by atoms with E-state index in [1.807, 2.05) is 44.4 Å². The number of hydrogen-bond acceptors (Lipinski definition) is 3. The third-order valence-electron chi connectivity index (χ3n) is 3.55. The van der Waals surface area contributed by atoms with Crippen molar-refractivity contribution >= 4 is 29.1 Å². The third kappa shape index (κ3) is 5.41. The van der Waals surface area contributed by atoms with Crippen LogP contribution < -0.4 is 10.1 Å². The lowest BCUT2D eigenvalue weighted by Crippen LogP contribution is -2.36. The lowest BCUT2D eigenvalue weighted by molar-refractivity contribution is -0.123. The zero-order chi connectivity index (χ0) is 17.5. The molecule has 1 amide bonds. The summed E-state index contributed by atoms with van der Waals surface area (Å²) in [6, 6.07) is 15.0. The summed E-state index contributed by atoms with van der Waals surface area (Å²) in [7, 11) is 3.96. The van der Waals surface area contributed by atoms with Gasteiger partial charge in [0.1, 0.15) is 5.75 Å². The molecule has 0 spiro atoms. The number of ether oxygens (including phenoxy) is 1. The van der Waals surface area contributed by atoms with E-state index in [0.717, 1.165) is 5.56 Å². The maximum absolute atomic E-state index is 12.0. The van der Waals surface area contributed by atoms with Gasteiger partial charge in [-0.1, -0.05) is 53.5 Å². The summed E-state index contributed by atoms with van der Waals surface area (Å²) in [4.78, 5) is 14.1. The Bertz CT molecular complexity index is 678. The van der Waals surface area contributed by atoms with Crippen LogP contribution >= 0.6 is 23.2 Å². The van der Waals surface area contributed by atoms with E-state index in [9.17, 15) is 4.79 Å². The normalized spacial score (nSPS) is 12.0. The average Bonchev–Trinajstić information content (AvgIpc) is 2.55. The minimum atomic E-state index is -0.205. The molecule has 2 aromatic carbocycles. The first kappa shape index (κ1) is 18.6. The van der Waals surface area contributed by atoms with Crippen molar-refractivity contribution in [2.24, 2.45) is 0 Å². The highest BCUT2D eigenvalue weighted by molar-refractivity contribution is 6.35. The quantitative estimate of drug-likeness (QED) is 0.810. The Kier molecular flexibility index (Phi) is 6.91. The molecule has 4 nitrogen and oxygen atoms in total. The molecule has 0 heterocycles. The van der Waals surface area contributed by atoms with Crippen LogP contribution in [-0.2, 0) is 4.79 Å². The smallest absolute Gasteiger partial charge is 0.258 e. The summed E-state index contributed by atoms with van der Waals surface area (Å²) in [6.45, 7) is 0.393. The van der Waals surface area contributed by atoms with E-state index in [0.29, 0.717) is 22.3 Å². The molecule has 0 bridgehead atoms. The van der Waals surface area contributed by atoms with E-state index in [1.54, 1.807) is 18.2 Å². The summed E-state index contributed by atoms with van der Waals surface area (Å²) in [5.41, 5.74) is 1.14. The van der Waals surface area contributed by atoms with Crippen molar-refractivity contribution in [3.8, 4) is 5.75 Å². The molecule has 0 unspecified atom stereocenters. The van der Waals surface area contributed by atoms with Gasteiger partial charge in [0, 0.05) is 11.6 Å². The van der Waals surface area contributed by atoms with E-state index < -0.39 is 0 Å². The Hall–Kier alpha value is -1.75. The van der Waals surface area contributed by atoms with Crippen LogP contribution in [0.2, 0.25) is 10.0 Å². The lowest BCUT2D eigenvalue weighted by atomic mass is 10.1. The summed E-state index contributed by atoms with van der Waals surface area (Å²) in [5, 5.41) is 3.79. The number of rotatable bonds is 7. The Balaban J connectivity index is 1.87. The second-order valence-corrected chi connectivity index (χ2v) is 6.40. The maximum Gasteiger partial charge on any atom is 0.258 e. The van der Waals surface area contributed by atoms with Gasteiger partial charge in [0.2, 0.25) is 0 Å². The number of benzene rings is 2. The standard InChI is InChI=1S/C18H20Cl2N2O2/c1-22(2)16(13-6-4-3-5-7-13)11-21-18(23)12-24-17-9-8-14(19)10-15(17)20/h3-10,16H,11-12H2,1-2H3,(H,21,23)/t16-/m0/s1. The largest absolute Gasteiger partial charge is 0.482 e. The Morgan fingerprint density at radius 2 is 1.88 bits per heavy atom.